The quantitative estimate of drug-likeness (QED) is 0.105. The molecule has 13 nitrogen and oxygen atoms in total. The maximum absolute atomic E-state index is 13.5. The van der Waals surface area contributed by atoms with E-state index >= 15 is 0 Å². The van der Waals surface area contributed by atoms with Gasteiger partial charge in [0, 0.05) is 18.6 Å². The number of morpholine rings is 1. The van der Waals surface area contributed by atoms with Gasteiger partial charge in [0.25, 0.3) is 8.53 Å². The molecule has 7 rings (SSSR count). The Bertz CT molecular complexity index is 1820. The maximum atomic E-state index is 13.5. The normalized spacial score (nSPS) is 26.4. The Labute approximate surface area is 324 Å². The number of methoxy groups -OCH3 is 2. The van der Waals surface area contributed by atoms with Crippen LogP contribution in [0.2, 0.25) is 0 Å². The third-order valence-corrected chi connectivity index (χ3v) is 13.2. The highest BCUT2D eigenvalue weighted by molar-refractivity contribution is 7.44. The lowest BCUT2D eigenvalue weighted by atomic mass is 9.79. The molecule has 4 saturated heterocycles. The number of ether oxygens (including phenoxy) is 4. The number of nitrogens with zero attached hydrogens (tertiary/aromatic N) is 4. The highest BCUT2D eigenvalue weighted by Crippen LogP contribution is 2.59. The van der Waals surface area contributed by atoms with Crippen molar-refractivity contribution < 1.29 is 37.6 Å². The summed E-state index contributed by atoms with van der Waals surface area (Å²) in [5, 5.41) is 11.9. The zero-order valence-electron chi connectivity index (χ0n) is 32.4. The third-order valence-electron chi connectivity index (χ3n) is 11.1. The van der Waals surface area contributed by atoms with Gasteiger partial charge in [0.15, 0.2) is 6.23 Å². The van der Waals surface area contributed by atoms with Gasteiger partial charge in [-0.25, -0.2) is 9.46 Å². The summed E-state index contributed by atoms with van der Waals surface area (Å²) in [6, 6.07) is 27.1. The smallest absolute Gasteiger partial charge is 0.327 e. The number of hydrogen-bond donors (Lipinski definition) is 1. The van der Waals surface area contributed by atoms with Gasteiger partial charge >= 0.3 is 6.03 Å². The van der Waals surface area contributed by atoms with Crippen LogP contribution in [0.15, 0.2) is 78.9 Å². The second kappa shape index (κ2) is 15.8. The van der Waals surface area contributed by atoms with Gasteiger partial charge in [-0.15, -0.1) is 0 Å². The number of nitriles is 1. The Morgan fingerprint density at radius 3 is 2.07 bits per heavy atom. The van der Waals surface area contributed by atoms with E-state index in [-0.39, 0.29) is 37.6 Å². The fourth-order valence-corrected chi connectivity index (χ4v) is 10.5. The lowest BCUT2D eigenvalue weighted by Crippen LogP contribution is -2.61. The Kier molecular flexibility index (Phi) is 11.2. The van der Waals surface area contributed by atoms with Crippen molar-refractivity contribution in [3.05, 3.63) is 95.6 Å². The van der Waals surface area contributed by atoms with E-state index in [4.69, 9.17) is 28.0 Å². The molecule has 0 radical (unpaired) electrons. The average molecular weight is 772 g/mol. The van der Waals surface area contributed by atoms with Crippen molar-refractivity contribution >= 4 is 20.5 Å². The summed E-state index contributed by atoms with van der Waals surface area (Å²) in [7, 11) is 1.56. The first kappa shape index (κ1) is 39.1. The lowest BCUT2D eigenvalue weighted by Gasteiger charge is -2.41. The number of imide groups is 1. The number of benzene rings is 3. The van der Waals surface area contributed by atoms with Crippen LogP contribution in [0, 0.1) is 17.2 Å². The maximum Gasteiger partial charge on any atom is 0.327 e. The summed E-state index contributed by atoms with van der Waals surface area (Å²) >= 11 is 0. The number of hydrogen-bond acceptors (Lipinski definition) is 11. The molecule has 0 aromatic heterocycles. The molecule has 0 saturated carbocycles. The first-order valence-corrected chi connectivity index (χ1v) is 19.9. The first-order chi connectivity index (χ1) is 26.5. The molecule has 7 atom stereocenters. The van der Waals surface area contributed by atoms with E-state index in [2.05, 4.69) is 48.7 Å². The molecule has 4 heterocycles. The summed E-state index contributed by atoms with van der Waals surface area (Å²) in [5.41, 5.74) is 0.352. The van der Waals surface area contributed by atoms with Gasteiger partial charge in [0.1, 0.15) is 35.0 Å². The Hall–Kier alpha value is -4.12. The number of urea groups is 1. The minimum absolute atomic E-state index is 0.0450. The fourth-order valence-electron chi connectivity index (χ4n) is 8.72. The van der Waals surface area contributed by atoms with Gasteiger partial charge in [0.2, 0.25) is 5.91 Å². The molecule has 0 aliphatic carbocycles. The number of carbonyl (C=O) groups is 2. The van der Waals surface area contributed by atoms with Crippen LogP contribution in [-0.2, 0) is 28.9 Å². The third kappa shape index (κ3) is 6.78. The second-order valence-electron chi connectivity index (χ2n) is 15.0. The topological polar surface area (TPSA) is 135 Å². The molecule has 55 heavy (non-hydrogen) atoms. The van der Waals surface area contributed by atoms with Crippen molar-refractivity contribution in [2.75, 3.05) is 34.0 Å². The van der Waals surface area contributed by atoms with Gasteiger partial charge in [-0.2, -0.15) is 5.26 Å². The molecule has 292 valence electrons. The molecule has 4 fully saturated rings. The van der Waals surface area contributed by atoms with E-state index in [1.165, 1.54) is 0 Å². The van der Waals surface area contributed by atoms with E-state index in [0.717, 1.165) is 16.7 Å². The van der Waals surface area contributed by atoms with Crippen LogP contribution in [-0.4, -0.2) is 103 Å². The van der Waals surface area contributed by atoms with Crippen molar-refractivity contribution in [1.82, 2.24) is 19.8 Å². The Morgan fingerprint density at radius 2 is 1.53 bits per heavy atom. The fraction of sp³-hybridized carbons (Fsp3) is 0.488. The Balaban J connectivity index is 1.35. The van der Waals surface area contributed by atoms with Crippen molar-refractivity contribution in [3.8, 4) is 17.6 Å². The van der Waals surface area contributed by atoms with E-state index in [1.807, 2.05) is 85.8 Å². The van der Waals surface area contributed by atoms with Gasteiger partial charge in [-0.1, -0.05) is 61.5 Å². The first-order valence-electron chi connectivity index (χ1n) is 18.8. The largest absolute Gasteiger partial charge is 0.497 e. The summed E-state index contributed by atoms with van der Waals surface area (Å²) in [4.78, 5) is 30.4. The summed E-state index contributed by atoms with van der Waals surface area (Å²) in [6.45, 7) is 10.8. The van der Waals surface area contributed by atoms with Crippen molar-refractivity contribution in [2.45, 2.75) is 88.9 Å². The minimum Gasteiger partial charge on any atom is -0.497 e. The van der Waals surface area contributed by atoms with E-state index < -0.39 is 56.2 Å². The molecular weight excluding hydrogens is 721 g/mol. The number of carbonyl (C=O) groups excluding carboxylic acids is 2. The molecule has 3 aromatic carbocycles. The zero-order valence-corrected chi connectivity index (χ0v) is 33.3. The highest BCUT2D eigenvalue weighted by Gasteiger charge is 2.75. The predicted octanol–water partition coefficient (Wildman–Crippen LogP) is 5.98. The van der Waals surface area contributed by atoms with Crippen LogP contribution >= 0.6 is 8.53 Å². The van der Waals surface area contributed by atoms with Crippen LogP contribution in [0.5, 0.6) is 11.5 Å². The standard InChI is InChI=1S/C41H50N5O8P/c1-26(2)46(27(3)4)55(52-23-11-22-42)54-35-34-38-45-37(28(5)36(47)43-39(45)48)44(34)24-40(35,53-38)25-51-41(29-12-9-8-10-13-29,30-14-18-32(49-6)19-15-30)31-16-20-33(50-7)21-17-31/h8-10,12-21,26-28,34-35,37-38H,11,23-25H2,1-7H3,(H,43,47,48)/t28-,34+,35-,37-,38-,40+,55?/m1/s1. The molecule has 4 aliphatic rings. The van der Waals surface area contributed by atoms with E-state index in [1.54, 1.807) is 19.1 Å². The monoisotopic (exact) mass is 771 g/mol. The van der Waals surface area contributed by atoms with E-state index in [0.29, 0.717) is 18.0 Å². The van der Waals surface area contributed by atoms with Crippen LogP contribution in [0.1, 0.15) is 57.7 Å². The predicted molar refractivity (Wildman–Crippen MR) is 205 cm³/mol. The molecule has 0 spiro atoms. The van der Waals surface area contributed by atoms with Crippen molar-refractivity contribution in [3.63, 3.8) is 0 Å². The number of amides is 3. The van der Waals surface area contributed by atoms with Crippen LogP contribution in [0.25, 0.3) is 0 Å². The van der Waals surface area contributed by atoms with Gasteiger partial charge in [-0.3, -0.25) is 19.9 Å². The molecule has 1 N–H and O–H groups in total. The minimum atomic E-state index is -1.71. The molecule has 3 amide bonds. The van der Waals surface area contributed by atoms with Gasteiger partial charge < -0.3 is 28.0 Å². The number of nitrogens with one attached hydrogen (secondary N) is 1. The van der Waals surface area contributed by atoms with Gasteiger partial charge in [0.05, 0.1) is 51.9 Å². The van der Waals surface area contributed by atoms with Gasteiger partial charge in [-0.05, 0) is 68.7 Å². The Morgan fingerprint density at radius 1 is 0.945 bits per heavy atom. The van der Waals surface area contributed by atoms with Crippen LogP contribution in [0.3, 0.4) is 0 Å². The van der Waals surface area contributed by atoms with Crippen molar-refractivity contribution in [2.24, 2.45) is 5.92 Å². The molecule has 3 aromatic rings. The molecule has 4 aliphatic heterocycles. The summed E-state index contributed by atoms with van der Waals surface area (Å²) < 4.78 is 41.5. The SMILES string of the molecule is COc1ccc(C(OC[C@]23CN4[C@H]([C@@H](O2)N2C(=O)NC(=O)[C@@H](C)[C@H]42)[C@H]3OP(OCCC#N)N(C(C)C)C(C)C)(c2ccccc2)c2ccc(OC)cc2)cc1. The van der Waals surface area contributed by atoms with Crippen molar-refractivity contribution in [1.29, 1.82) is 5.26 Å². The zero-order chi connectivity index (χ0) is 39.1. The molecule has 2 bridgehead atoms. The summed E-state index contributed by atoms with van der Waals surface area (Å²) in [6.07, 6.45) is -1.66. The van der Waals surface area contributed by atoms with E-state index in [9.17, 15) is 14.9 Å². The van der Waals surface area contributed by atoms with Crippen LogP contribution in [0.4, 0.5) is 4.79 Å². The van der Waals surface area contributed by atoms with Crippen LogP contribution < -0.4 is 14.8 Å². The lowest BCUT2D eigenvalue weighted by molar-refractivity contribution is -0.159. The second-order valence-corrected chi connectivity index (χ2v) is 16.4. The molecule has 1 unspecified atom stereocenters. The molecular formula is C41H50N5O8P. The average Bonchev–Trinajstić information content (AvgIpc) is 3.73. The number of rotatable bonds is 16. The summed E-state index contributed by atoms with van der Waals surface area (Å²) in [5.74, 6) is 0.576. The highest BCUT2D eigenvalue weighted by atomic mass is 31.2. The number of fused-ring (bicyclic) bond motifs is 4. The molecule has 14 heteroatoms.